The van der Waals surface area contributed by atoms with Gasteiger partial charge in [-0.05, 0) is 12.5 Å². The van der Waals surface area contributed by atoms with Gasteiger partial charge in [-0.15, -0.1) is 0 Å². The minimum atomic E-state index is -3.00. The Morgan fingerprint density at radius 3 is 2.26 bits per heavy atom. The van der Waals surface area contributed by atoms with Gasteiger partial charge in [-0.25, -0.2) is 0 Å². The van der Waals surface area contributed by atoms with Crippen molar-refractivity contribution in [3.05, 3.63) is 0 Å². The van der Waals surface area contributed by atoms with E-state index < -0.39 is 18.3 Å². The zero-order valence-electron chi connectivity index (χ0n) is 12.0. The van der Waals surface area contributed by atoms with E-state index in [-0.39, 0.29) is 0 Å². The fourth-order valence-corrected chi connectivity index (χ4v) is 6.05. The van der Waals surface area contributed by atoms with E-state index in [4.69, 9.17) is 31.3 Å². The van der Waals surface area contributed by atoms with Crippen molar-refractivity contribution in [2.24, 2.45) is 0 Å². The van der Waals surface area contributed by atoms with E-state index in [0.717, 1.165) is 19.1 Å². The molecular formula is C10H24O7Si2. The zero-order valence-corrected chi connectivity index (χ0v) is 14.2. The maximum absolute atomic E-state index is 5.78. The summed E-state index contributed by atoms with van der Waals surface area (Å²) in [6.45, 7) is 2.17. The minimum absolute atomic E-state index is 0.308. The van der Waals surface area contributed by atoms with Crippen LogP contribution < -0.4 is 0 Å². The van der Waals surface area contributed by atoms with Gasteiger partial charge in [0, 0.05) is 35.0 Å². The Labute approximate surface area is 117 Å². The third kappa shape index (κ3) is 6.42. The smallest absolute Gasteiger partial charge is 0.400 e. The van der Waals surface area contributed by atoms with Gasteiger partial charge in [0.1, 0.15) is 6.10 Å². The molecular weight excluding hydrogens is 288 g/mol. The third-order valence-corrected chi connectivity index (χ3v) is 7.83. The number of epoxide rings is 1. The molecule has 1 fully saturated rings. The summed E-state index contributed by atoms with van der Waals surface area (Å²) in [5.41, 5.74) is 0. The molecule has 1 rings (SSSR count). The largest absolute Gasteiger partial charge is 0.669 e. The number of hydrogen-bond donors (Lipinski definition) is 0. The minimum Gasteiger partial charge on any atom is -0.400 e. The Balaban J connectivity index is 2.18. The molecule has 1 aliphatic rings. The fourth-order valence-electron chi connectivity index (χ4n) is 1.51. The van der Waals surface area contributed by atoms with Crippen LogP contribution >= 0.6 is 0 Å². The second-order valence-corrected chi connectivity index (χ2v) is 9.14. The quantitative estimate of drug-likeness (QED) is 0.286. The Bertz CT molecular complexity index is 228. The van der Waals surface area contributed by atoms with E-state index >= 15 is 0 Å². The molecule has 7 nitrogen and oxygen atoms in total. The summed E-state index contributed by atoms with van der Waals surface area (Å²) >= 11 is 0. The van der Waals surface area contributed by atoms with Gasteiger partial charge in [0.2, 0.25) is 0 Å². The van der Waals surface area contributed by atoms with Gasteiger partial charge < -0.3 is 31.3 Å². The van der Waals surface area contributed by atoms with Crippen molar-refractivity contribution in [1.82, 2.24) is 0 Å². The second kappa shape index (κ2) is 9.16. The van der Waals surface area contributed by atoms with E-state index in [9.17, 15) is 0 Å². The summed E-state index contributed by atoms with van der Waals surface area (Å²) in [5.74, 6) is 0. The first-order valence-electron chi connectivity index (χ1n) is 6.25. The fraction of sp³-hybridized carbons (Fsp3) is 1.00. The molecule has 0 amide bonds. The lowest BCUT2D eigenvalue weighted by Crippen LogP contribution is -2.51. The van der Waals surface area contributed by atoms with Crippen molar-refractivity contribution < 1.29 is 31.3 Å². The Hall–Kier alpha value is 0.154. The molecule has 114 valence electrons. The normalized spacial score (nSPS) is 20.5. The van der Waals surface area contributed by atoms with E-state index in [1.54, 1.807) is 7.11 Å². The average Bonchev–Trinajstić information content (AvgIpc) is 3.27. The van der Waals surface area contributed by atoms with Crippen LogP contribution in [-0.4, -0.2) is 72.7 Å². The van der Waals surface area contributed by atoms with Crippen molar-refractivity contribution in [2.45, 2.75) is 18.6 Å². The van der Waals surface area contributed by atoms with E-state index in [0.29, 0.717) is 19.3 Å². The molecule has 0 aromatic rings. The summed E-state index contributed by atoms with van der Waals surface area (Å²) in [4.78, 5) is 0. The van der Waals surface area contributed by atoms with Crippen LogP contribution in [0.1, 0.15) is 6.42 Å². The molecule has 2 atom stereocenters. The maximum Gasteiger partial charge on any atom is 0.669 e. The van der Waals surface area contributed by atoms with Crippen LogP contribution in [0.15, 0.2) is 0 Å². The zero-order chi connectivity index (χ0) is 14.1. The molecule has 1 aliphatic heterocycles. The Morgan fingerprint density at radius 2 is 1.79 bits per heavy atom. The molecule has 9 heteroatoms. The molecule has 0 N–H and O–H groups in total. The van der Waals surface area contributed by atoms with Crippen molar-refractivity contribution in [3.8, 4) is 0 Å². The van der Waals surface area contributed by atoms with Gasteiger partial charge in [-0.2, -0.15) is 0 Å². The van der Waals surface area contributed by atoms with E-state index in [1.165, 1.54) is 21.3 Å². The Morgan fingerprint density at radius 1 is 1.16 bits per heavy atom. The first-order valence-corrected chi connectivity index (χ1v) is 9.64. The summed E-state index contributed by atoms with van der Waals surface area (Å²) < 4.78 is 37.3. The van der Waals surface area contributed by atoms with Gasteiger partial charge in [0.25, 0.3) is 0 Å². The topological polar surface area (TPSA) is 67.9 Å². The number of rotatable bonds is 12. The van der Waals surface area contributed by atoms with Gasteiger partial charge in [0.05, 0.1) is 13.2 Å². The monoisotopic (exact) mass is 312 g/mol. The van der Waals surface area contributed by atoms with Crippen LogP contribution in [0.3, 0.4) is 0 Å². The van der Waals surface area contributed by atoms with Gasteiger partial charge in [0.15, 0.2) is 0 Å². The van der Waals surface area contributed by atoms with Crippen LogP contribution in [0.4, 0.5) is 0 Å². The molecule has 0 saturated carbocycles. The predicted molar refractivity (Wildman–Crippen MR) is 72.0 cm³/mol. The molecule has 19 heavy (non-hydrogen) atoms. The standard InChI is InChI=1S/C10H24O7Si2/c1-11-18(17-19(12-2,13-3)14-4)7-5-6-15-8-10-9-16-10/h10,18H,5-9H2,1-4H3. The second-order valence-electron chi connectivity index (χ2n) is 4.07. The molecule has 0 bridgehead atoms. The highest BCUT2D eigenvalue weighted by atomic mass is 28.5. The summed E-state index contributed by atoms with van der Waals surface area (Å²) in [6, 6.07) is 0.812. The van der Waals surface area contributed by atoms with Gasteiger partial charge in [-0.3, -0.25) is 0 Å². The number of ether oxygens (including phenoxy) is 2. The molecule has 1 saturated heterocycles. The van der Waals surface area contributed by atoms with Gasteiger partial charge >= 0.3 is 18.3 Å². The SMILES string of the molecule is CO[SiH](CCCOCC1CO1)O[Si](OC)(OC)OC. The van der Waals surface area contributed by atoms with Gasteiger partial charge in [-0.1, -0.05) is 0 Å². The van der Waals surface area contributed by atoms with E-state index in [1.807, 2.05) is 0 Å². The molecule has 0 aliphatic carbocycles. The van der Waals surface area contributed by atoms with Crippen molar-refractivity contribution in [1.29, 1.82) is 0 Å². The summed E-state index contributed by atoms with van der Waals surface area (Å²) in [7, 11) is 1.30. The van der Waals surface area contributed by atoms with Crippen LogP contribution in [0.5, 0.6) is 0 Å². The lowest BCUT2D eigenvalue weighted by molar-refractivity contribution is 0.0408. The van der Waals surface area contributed by atoms with Crippen LogP contribution in [0, 0.1) is 0 Å². The molecule has 2 unspecified atom stereocenters. The van der Waals surface area contributed by atoms with E-state index in [2.05, 4.69) is 0 Å². The van der Waals surface area contributed by atoms with Crippen molar-refractivity contribution in [2.75, 3.05) is 48.3 Å². The summed E-state index contributed by atoms with van der Waals surface area (Å²) in [6.07, 6.45) is 1.18. The molecule has 0 aromatic heterocycles. The lowest BCUT2D eigenvalue weighted by Gasteiger charge is -2.27. The molecule has 0 spiro atoms. The maximum atomic E-state index is 5.78. The first kappa shape index (κ1) is 17.2. The predicted octanol–water partition coefficient (Wildman–Crippen LogP) is 0.0502. The highest BCUT2D eigenvalue weighted by Crippen LogP contribution is 2.14. The lowest BCUT2D eigenvalue weighted by atomic mass is 10.5. The number of hydrogen-bond acceptors (Lipinski definition) is 7. The van der Waals surface area contributed by atoms with Crippen LogP contribution in [-0.2, 0) is 31.3 Å². The average molecular weight is 312 g/mol. The summed E-state index contributed by atoms with van der Waals surface area (Å²) in [5, 5.41) is 0. The third-order valence-electron chi connectivity index (χ3n) is 2.72. The molecule has 0 aromatic carbocycles. The highest BCUT2D eigenvalue weighted by molar-refractivity contribution is 6.64. The van der Waals surface area contributed by atoms with Crippen LogP contribution in [0.25, 0.3) is 0 Å². The molecule has 0 radical (unpaired) electrons. The molecule has 1 heterocycles. The van der Waals surface area contributed by atoms with Crippen molar-refractivity contribution >= 4 is 18.3 Å². The van der Waals surface area contributed by atoms with Crippen LogP contribution in [0.2, 0.25) is 6.04 Å². The van der Waals surface area contributed by atoms with Crippen molar-refractivity contribution in [3.63, 3.8) is 0 Å². The highest BCUT2D eigenvalue weighted by Gasteiger charge is 2.44. The Kier molecular flexibility index (Phi) is 8.29. The first-order chi connectivity index (χ1) is 9.19.